The first-order chi connectivity index (χ1) is 29.8. The van der Waals surface area contributed by atoms with E-state index in [2.05, 4.69) is 59.4 Å². The maximum atomic E-state index is 12.7. The fraction of sp³-hybridized carbons (Fsp3) is 0.696. The Morgan fingerprint density at radius 2 is 1.02 bits per heavy atom. The van der Waals surface area contributed by atoms with Gasteiger partial charge in [-0.05, 0) is 70.6 Å². The third kappa shape index (κ3) is 44.1. The molecule has 0 saturated carbocycles. The van der Waals surface area contributed by atoms with Crippen LogP contribution in [-0.2, 0) is 41.8 Å². The van der Waals surface area contributed by atoms with Crippen LogP contribution in [0.1, 0.15) is 162 Å². The van der Waals surface area contributed by atoms with Gasteiger partial charge in [-0.15, -0.1) is 0 Å². The van der Waals surface area contributed by atoms with Crippen molar-refractivity contribution in [1.82, 2.24) is 0 Å². The van der Waals surface area contributed by atoms with Gasteiger partial charge in [0.2, 0.25) is 0 Å². The molecule has 0 radical (unpaired) electrons. The quantitative estimate of drug-likeness (QED) is 0.0127. The van der Waals surface area contributed by atoms with Gasteiger partial charge in [0.25, 0.3) is 0 Å². The van der Waals surface area contributed by atoms with Crippen molar-refractivity contribution in [3.8, 4) is 0 Å². The smallest absolute Gasteiger partial charge is 0.462 e. The molecule has 0 aliphatic carbocycles. The summed E-state index contributed by atoms with van der Waals surface area (Å²) in [4.78, 5) is 52.7. The Labute approximate surface area is 372 Å². The van der Waals surface area contributed by atoms with E-state index < -0.39 is 72.3 Å². The van der Waals surface area contributed by atoms with Crippen LogP contribution in [0, 0.1) is 0 Å². The largest absolute Gasteiger partial charge is 0.472 e. The molecule has 0 heterocycles. The minimum absolute atomic E-state index is 0.0812. The number of allylic oxidation sites excluding steroid dienone is 11. The van der Waals surface area contributed by atoms with Crippen LogP contribution >= 0.6 is 15.6 Å². The summed E-state index contributed by atoms with van der Waals surface area (Å²) >= 11 is 0. The number of ether oxygens (including phenoxy) is 2. The van der Waals surface area contributed by atoms with E-state index in [9.17, 15) is 33.8 Å². The van der Waals surface area contributed by atoms with Gasteiger partial charge < -0.3 is 34.4 Å². The summed E-state index contributed by atoms with van der Waals surface area (Å²) in [5, 5.41) is 20.1. The molecule has 0 fully saturated rings. The average Bonchev–Trinajstić information content (AvgIpc) is 3.22. The van der Waals surface area contributed by atoms with E-state index in [0.717, 1.165) is 32.1 Å². The fourth-order valence-corrected chi connectivity index (χ4v) is 6.82. The number of carbonyl (C=O) groups is 2. The normalized spacial score (nSPS) is 15.1. The lowest BCUT2D eigenvalue weighted by atomic mass is 10.1. The predicted molar refractivity (Wildman–Crippen MR) is 245 cm³/mol. The van der Waals surface area contributed by atoms with Crippen LogP contribution in [0.5, 0.6) is 0 Å². The van der Waals surface area contributed by atoms with Gasteiger partial charge in [0, 0.05) is 12.8 Å². The van der Waals surface area contributed by atoms with Crippen molar-refractivity contribution < 1.29 is 66.7 Å². The van der Waals surface area contributed by atoms with Gasteiger partial charge in [-0.3, -0.25) is 23.2 Å². The van der Waals surface area contributed by atoms with Crippen molar-refractivity contribution in [3.05, 3.63) is 72.9 Å². The van der Waals surface area contributed by atoms with Crippen LogP contribution in [0.4, 0.5) is 0 Å². The van der Waals surface area contributed by atoms with Crippen LogP contribution in [-0.4, -0.2) is 81.6 Å². The summed E-state index contributed by atoms with van der Waals surface area (Å²) in [6.07, 6.45) is 42.2. The first kappa shape index (κ1) is 59.5. The highest BCUT2D eigenvalue weighted by Crippen LogP contribution is 2.43. The molecule has 0 rings (SSSR count). The first-order valence-corrected chi connectivity index (χ1v) is 25.8. The Hall–Kier alpha value is -2.48. The maximum absolute atomic E-state index is 12.7. The molecular formula is C46H80O14P2. The molecule has 0 spiro atoms. The molecule has 0 aromatic heterocycles. The standard InChI is InChI=1S/C46H80O14P2/c1-3-5-7-9-11-13-15-17-18-19-20-22-24-26-28-30-32-36-45(49)56-40-44(41-59-62(54,55)58-39-43(48)38-57-61(51,52)53)60-46(50)37-33-35-42(47)34-31-29-27-25-23-21-16-14-12-10-8-6-4-2/h17-18,20-23,26-29,31,34,42-44,47-48H,3-16,19,24-25,30,32-33,35-41H2,1-2H3,(H,54,55)(H2,51,52,53)/b18-17-,22-20-,23-21+,28-26-,29-27+,34-31+/t42?,43-,44+/m0/s1. The monoisotopic (exact) mass is 919 g/mol. The molecule has 62 heavy (non-hydrogen) atoms. The van der Waals surface area contributed by atoms with Crippen LogP contribution in [0.15, 0.2) is 72.9 Å². The van der Waals surface area contributed by atoms with Gasteiger partial charge in [0.05, 0.1) is 25.9 Å². The van der Waals surface area contributed by atoms with Gasteiger partial charge in [0.15, 0.2) is 6.10 Å². The zero-order chi connectivity index (χ0) is 46.0. The van der Waals surface area contributed by atoms with E-state index in [4.69, 9.17) is 23.8 Å². The predicted octanol–water partition coefficient (Wildman–Crippen LogP) is 10.8. The molecule has 4 atom stereocenters. The van der Waals surface area contributed by atoms with Gasteiger partial charge >= 0.3 is 27.6 Å². The Balaban J connectivity index is 4.77. The highest BCUT2D eigenvalue weighted by atomic mass is 31.2. The lowest BCUT2D eigenvalue weighted by molar-refractivity contribution is -0.161. The van der Waals surface area contributed by atoms with E-state index in [-0.39, 0.29) is 25.7 Å². The lowest BCUT2D eigenvalue weighted by Crippen LogP contribution is -2.30. The topological polar surface area (TPSA) is 216 Å². The van der Waals surface area contributed by atoms with Crippen molar-refractivity contribution in [2.45, 2.75) is 180 Å². The highest BCUT2D eigenvalue weighted by Gasteiger charge is 2.28. The lowest BCUT2D eigenvalue weighted by Gasteiger charge is -2.20. The number of rotatable bonds is 42. The molecule has 16 heteroatoms. The van der Waals surface area contributed by atoms with Crippen LogP contribution in [0.25, 0.3) is 0 Å². The number of unbranched alkanes of at least 4 members (excludes halogenated alkanes) is 13. The second-order valence-electron chi connectivity index (χ2n) is 15.2. The SMILES string of the molecule is CCCCCCCC/C=C\C/C=C\C/C=C\CCCC(=O)OC[C@H](COP(=O)(O)OC[C@@H](O)COP(=O)(O)O)OC(=O)CCCC(O)/C=C/C=C/C/C=C/CCCCCCCC. The number of aliphatic hydroxyl groups excluding tert-OH is 2. The third-order valence-corrected chi connectivity index (χ3v) is 10.6. The Kier molecular flexibility index (Phi) is 39.6. The summed E-state index contributed by atoms with van der Waals surface area (Å²) in [7, 11) is -9.77. The molecule has 2 unspecified atom stereocenters. The van der Waals surface area contributed by atoms with Gasteiger partial charge in [-0.25, -0.2) is 9.13 Å². The number of aliphatic hydroxyl groups is 2. The van der Waals surface area contributed by atoms with Crippen molar-refractivity contribution in [2.75, 3.05) is 26.4 Å². The van der Waals surface area contributed by atoms with Crippen molar-refractivity contribution in [3.63, 3.8) is 0 Å². The number of hydrogen-bond acceptors (Lipinski definition) is 11. The zero-order valence-corrected chi connectivity index (χ0v) is 39.3. The average molecular weight is 919 g/mol. The first-order valence-electron chi connectivity index (χ1n) is 22.7. The van der Waals surface area contributed by atoms with E-state index in [1.807, 2.05) is 24.3 Å². The number of hydrogen-bond donors (Lipinski definition) is 5. The van der Waals surface area contributed by atoms with E-state index in [0.29, 0.717) is 12.8 Å². The molecule has 358 valence electrons. The van der Waals surface area contributed by atoms with Gasteiger partial charge in [-0.1, -0.05) is 151 Å². The number of phosphoric acid groups is 2. The second kappa shape index (κ2) is 41.2. The van der Waals surface area contributed by atoms with Crippen LogP contribution < -0.4 is 0 Å². The molecule has 0 aromatic rings. The molecule has 0 aliphatic heterocycles. The van der Waals surface area contributed by atoms with Crippen LogP contribution in [0.2, 0.25) is 0 Å². The fourth-order valence-electron chi connectivity index (χ4n) is 5.67. The molecule has 0 aliphatic rings. The molecule has 0 aromatic carbocycles. The molecule has 0 saturated heterocycles. The summed E-state index contributed by atoms with van der Waals surface area (Å²) in [5.41, 5.74) is 0. The number of carbonyl (C=O) groups excluding carboxylic acids is 2. The highest BCUT2D eigenvalue weighted by molar-refractivity contribution is 7.47. The minimum atomic E-state index is -4.89. The van der Waals surface area contributed by atoms with Gasteiger partial charge in [-0.2, -0.15) is 0 Å². The number of esters is 2. The van der Waals surface area contributed by atoms with Crippen molar-refractivity contribution >= 4 is 27.6 Å². The third-order valence-electron chi connectivity index (χ3n) is 9.16. The zero-order valence-electron chi connectivity index (χ0n) is 37.6. The summed E-state index contributed by atoms with van der Waals surface area (Å²) < 4.78 is 47.6. The van der Waals surface area contributed by atoms with Gasteiger partial charge in [0.1, 0.15) is 12.7 Å². The molecule has 14 nitrogen and oxygen atoms in total. The van der Waals surface area contributed by atoms with E-state index in [1.54, 1.807) is 12.2 Å². The molecule has 5 N–H and O–H groups in total. The molecular weight excluding hydrogens is 838 g/mol. The second-order valence-corrected chi connectivity index (χ2v) is 17.9. The summed E-state index contributed by atoms with van der Waals surface area (Å²) in [5.74, 6) is -1.29. The van der Waals surface area contributed by atoms with Crippen molar-refractivity contribution in [2.24, 2.45) is 0 Å². The summed E-state index contributed by atoms with van der Waals surface area (Å²) in [6.45, 7) is 1.47. The maximum Gasteiger partial charge on any atom is 0.472 e. The van der Waals surface area contributed by atoms with Crippen molar-refractivity contribution in [1.29, 1.82) is 0 Å². The molecule has 0 bridgehead atoms. The Morgan fingerprint density at radius 3 is 1.60 bits per heavy atom. The van der Waals surface area contributed by atoms with E-state index >= 15 is 0 Å². The summed E-state index contributed by atoms with van der Waals surface area (Å²) in [6, 6.07) is 0. The number of phosphoric ester groups is 2. The Morgan fingerprint density at radius 1 is 0.532 bits per heavy atom. The Bertz CT molecular complexity index is 1390. The molecule has 0 amide bonds. The van der Waals surface area contributed by atoms with E-state index in [1.165, 1.54) is 77.0 Å². The van der Waals surface area contributed by atoms with Crippen LogP contribution in [0.3, 0.4) is 0 Å². The minimum Gasteiger partial charge on any atom is -0.462 e.